The van der Waals surface area contributed by atoms with Gasteiger partial charge in [-0.2, -0.15) is 0 Å². The molecule has 1 aromatic carbocycles. The number of pyridine rings is 1. The summed E-state index contributed by atoms with van der Waals surface area (Å²) in [6, 6.07) is 9.75. The first-order valence-corrected chi connectivity index (χ1v) is 7.67. The minimum Gasteiger partial charge on any atom is -0.339 e. The Hall–Kier alpha value is -1.88. The van der Waals surface area contributed by atoms with Crippen LogP contribution in [0.4, 0.5) is 17.2 Å². The number of amides is 1. The van der Waals surface area contributed by atoms with Gasteiger partial charge in [0.1, 0.15) is 5.82 Å². The van der Waals surface area contributed by atoms with Gasteiger partial charge in [-0.1, -0.05) is 13.0 Å². The maximum absolute atomic E-state index is 11.5. The molecule has 0 radical (unpaired) electrons. The van der Waals surface area contributed by atoms with E-state index in [0.29, 0.717) is 12.1 Å². The number of halogens is 1. The average molecular weight is 348 g/mol. The molecule has 0 unspecified atom stereocenters. The summed E-state index contributed by atoms with van der Waals surface area (Å²) in [5.74, 6) is 0.745. The molecule has 2 rings (SSSR count). The minimum absolute atomic E-state index is 0.0151. The van der Waals surface area contributed by atoms with Crippen molar-refractivity contribution in [1.29, 1.82) is 0 Å². The molecule has 0 aliphatic heterocycles. The number of aryl methyl sites for hydroxylation is 1. The van der Waals surface area contributed by atoms with E-state index >= 15 is 0 Å². The molecule has 0 saturated heterocycles. The number of anilines is 3. The second-order valence-corrected chi connectivity index (χ2v) is 5.69. The summed E-state index contributed by atoms with van der Waals surface area (Å²) in [5.41, 5.74) is 2.85. The Morgan fingerprint density at radius 3 is 2.71 bits per heavy atom. The number of carbonyl (C=O) groups is 1. The Labute approximate surface area is 133 Å². The standard InChI is InChI=1S/C16H18BrN3O/c1-3-4-16(21)19-12-6-8-15(18-10-12)20-14-7-5-11(2)9-13(14)17/h5-10H,3-4H2,1-2H3,(H,18,20)(H,19,21). The van der Waals surface area contributed by atoms with Crippen LogP contribution >= 0.6 is 15.9 Å². The molecular weight excluding hydrogens is 330 g/mol. The molecule has 0 saturated carbocycles. The molecule has 2 aromatic rings. The lowest BCUT2D eigenvalue weighted by Gasteiger charge is -2.09. The topological polar surface area (TPSA) is 54.0 Å². The summed E-state index contributed by atoms with van der Waals surface area (Å²) < 4.78 is 0.990. The van der Waals surface area contributed by atoms with Crippen LogP contribution in [0.5, 0.6) is 0 Å². The highest BCUT2D eigenvalue weighted by molar-refractivity contribution is 9.10. The Bertz CT molecular complexity index is 626. The quantitative estimate of drug-likeness (QED) is 0.828. The fourth-order valence-electron chi connectivity index (χ4n) is 1.85. The second-order valence-electron chi connectivity index (χ2n) is 4.84. The van der Waals surface area contributed by atoms with Gasteiger partial charge in [-0.05, 0) is 59.1 Å². The molecule has 2 N–H and O–H groups in total. The van der Waals surface area contributed by atoms with Gasteiger partial charge in [-0.3, -0.25) is 4.79 Å². The molecule has 1 amide bonds. The molecule has 0 atom stereocenters. The van der Waals surface area contributed by atoms with Crippen LogP contribution in [0.25, 0.3) is 0 Å². The van der Waals surface area contributed by atoms with Gasteiger partial charge < -0.3 is 10.6 Å². The summed E-state index contributed by atoms with van der Waals surface area (Å²) in [6.45, 7) is 4.02. The van der Waals surface area contributed by atoms with Crippen molar-refractivity contribution in [3.63, 3.8) is 0 Å². The number of aromatic nitrogens is 1. The zero-order valence-electron chi connectivity index (χ0n) is 12.1. The number of hydrogen-bond donors (Lipinski definition) is 2. The van der Waals surface area contributed by atoms with Crippen molar-refractivity contribution in [3.8, 4) is 0 Å². The minimum atomic E-state index is 0.0151. The van der Waals surface area contributed by atoms with E-state index in [-0.39, 0.29) is 5.91 Å². The summed E-state index contributed by atoms with van der Waals surface area (Å²) >= 11 is 3.52. The summed E-state index contributed by atoms with van der Waals surface area (Å²) in [5, 5.41) is 6.05. The lowest BCUT2D eigenvalue weighted by molar-refractivity contribution is -0.116. The van der Waals surface area contributed by atoms with Crippen LogP contribution < -0.4 is 10.6 Å². The Kier molecular flexibility index (Phi) is 5.33. The van der Waals surface area contributed by atoms with Gasteiger partial charge in [0.2, 0.25) is 5.91 Å². The number of nitrogens with zero attached hydrogens (tertiary/aromatic N) is 1. The molecule has 0 aliphatic carbocycles. The normalized spacial score (nSPS) is 10.2. The molecule has 0 bridgehead atoms. The van der Waals surface area contributed by atoms with Gasteiger partial charge in [0.25, 0.3) is 0 Å². The van der Waals surface area contributed by atoms with Gasteiger partial charge in [0, 0.05) is 10.9 Å². The number of carbonyl (C=O) groups excluding carboxylic acids is 1. The monoisotopic (exact) mass is 347 g/mol. The maximum atomic E-state index is 11.5. The summed E-state index contributed by atoms with van der Waals surface area (Å²) in [4.78, 5) is 15.8. The van der Waals surface area contributed by atoms with Crippen molar-refractivity contribution in [3.05, 3.63) is 46.6 Å². The smallest absolute Gasteiger partial charge is 0.224 e. The number of benzene rings is 1. The fourth-order valence-corrected chi connectivity index (χ4v) is 2.44. The zero-order chi connectivity index (χ0) is 15.2. The lowest BCUT2D eigenvalue weighted by atomic mass is 10.2. The first-order chi connectivity index (χ1) is 10.1. The van der Waals surface area contributed by atoms with E-state index in [1.54, 1.807) is 6.20 Å². The highest BCUT2D eigenvalue weighted by Gasteiger charge is 2.03. The molecule has 0 fully saturated rings. The van der Waals surface area contributed by atoms with Gasteiger partial charge in [0.15, 0.2) is 0 Å². The van der Waals surface area contributed by atoms with Gasteiger partial charge in [-0.25, -0.2) is 4.98 Å². The number of hydrogen-bond acceptors (Lipinski definition) is 3. The molecule has 110 valence electrons. The summed E-state index contributed by atoms with van der Waals surface area (Å²) in [6.07, 6.45) is 3.01. The van der Waals surface area contributed by atoms with Crippen molar-refractivity contribution in [2.24, 2.45) is 0 Å². The van der Waals surface area contributed by atoms with E-state index in [2.05, 4.69) is 31.5 Å². The fraction of sp³-hybridized carbons (Fsp3) is 0.250. The Morgan fingerprint density at radius 2 is 2.10 bits per heavy atom. The molecule has 0 aliphatic rings. The van der Waals surface area contributed by atoms with E-state index in [1.807, 2.05) is 44.2 Å². The Balaban J connectivity index is 2.03. The van der Waals surface area contributed by atoms with Gasteiger partial charge >= 0.3 is 0 Å². The molecule has 4 nitrogen and oxygen atoms in total. The van der Waals surface area contributed by atoms with Crippen LogP contribution in [0.2, 0.25) is 0 Å². The van der Waals surface area contributed by atoms with Gasteiger partial charge in [0.05, 0.1) is 17.6 Å². The number of nitrogens with one attached hydrogen (secondary N) is 2. The third-order valence-corrected chi connectivity index (χ3v) is 3.57. The van der Waals surface area contributed by atoms with Crippen LogP contribution in [0.1, 0.15) is 25.3 Å². The largest absolute Gasteiger partial charge is 0.339 e. The second kappa shape index (κ2) is 7.22. The third-order valence-electron chi connectivity index (χ3n) is 2.91. The van der Waals surface area contributed by atoms with Gasteiger partial charge in [-0.15, -0.1) is 0 Å². The molecule has 1 heterocycles. The van der Waals surface area contributed by atoms with Crippen molar-refractivity contribution in [2.45, 2.75) is 26.7 Å². The summed E-state index contributed by atoms with van der Waals surface area (Å²) in [7, 11) is 0. The van der Waals surface area contributed by atoms with E-state index in [4.69, 9.17) is 0 Å². The van der Waals surface area contributed by atoms with Crippen molar-refractivity contribution >= 4 is 39.0 Å². The predicted octanol–water partition coefficient (Wildman–Crippen LogP) is 4.63. The van der Waals surface area contributed by atoms with Crippen LogP contribution in [0, 0.1) is 6.92 Å². The van der Waals surface area contributed by atoms with Crippen LogP contribution in [-0.4, -0.2) is 10.9 Å². The predicted molar refractivity (Wildman–Crippen MR) is 89.9 cm³/mol. The first kappa shape index (κ1) is 15.5. The lowest BCUT2D eigenvalue weighted by Crippen LogP contribution is -2.10. The van der Waals surface area contributed by atoms with E-state index < -0.39 is 0 Å². The third kappa shape index (κ3) is 4.56. The molecule has 5 heteroatoms. The SMILES string of the molecule is CCCC(=O)Nc1ccc(Nc2ccc(C)cc2Br)nc1. The van der Waals surface area contributed by atoms with E-state index in [0.717, 1.165) is 22.4 Å². The van der Waals surface area contributed by atoms with Crippen molar-refractivity contribution in [2.75, 3.05) is 10.6 Å². The van der Waals surface area contributed by atoms with Crippen LogP contribution in [0.3, 0.4) is 0 Å². The zero-order valence-corrected chi connectivity index (χ0v) is 13.7. The maximum Gasteiger partial charge on any atom is 0.224 e. The van der Waals surface area contributed by atoms with Crippen molar-refractivity contribution in [1.82, 2.24) is 4.98 Å². The molecule has 1 aromatic heterocycles. The van der Waals surface area contributed by atoms with E-state index in [1.165, 1.54) is 5.56 Å². The highest BCUT2D eigenvalue weighted by Crippen LogP contribution is 2.26. The average Bonchev–Trinajstić information content (AvgIpc) is 2.44. The number of rotatable bonds is 5. The first-order valence-electron chi connectivity index (χ1n) is 6.87. The highest BCUT2D eigenvalue weighted by atomic mass is 79.9. The molecule has 0 spiro atoms. The Morgan fingerprint density at radius 1 is 1.29 bits per heavy atom. The van der Waals surface area contributed by atoms with E-state index in [9.17, 15) is 4.79 Å². The molecule has 21 heavy (non-hydrogen) atoms. The molecular formula is C16H18BrN3O. The van der Waals surface area contributed by atoms with Crippen LogP contribution in [-0.2, 0) is 4.79 Å². The van der Waals surface area contributed by atoms with Crippen molar-refractivity contribution < 1.29 is 4.79 Å². The van der Waals surface area contributed by atoms with Crippen LogP contribution in [0.15, 0.2) is 41.0 Å².